The zero-order valence-corrected chi connectivity index (χ0v) is 22.8. The van der Waals surface area contributed by atoms with Crippen molar-refractivity contribution in [2.24, 2.45) is 0 Å². The fourth-order valence-electron chi connectivity index (χ4n) is 4.07. The Kier molecular flexibility index (Phi) is 8.93. The van der Waals surface area contributed by atoms with Gasteiger partial charge in [-0.3, -0.25) is 14.5 Å². The highest BCUT2D eigenvalue weighted by Gasteiger charge is 2.40. The molecular weight excluding hydrogens is 519 g/mol. The largest absolute Gasteiger partial charge is 0.490 e. The molecule has 0 atom stereocenters. The van der Waals surface area contributed by atoms with Crippen molar-refractivity contribution in [1.82, 2.24) is 4.90 Å². The van der Waals surface area contributed by atoms with Crippen LogP contribution in [0.2, 0.25) is 0 Å². The van der Waals surface area contributed by atoms with Gasteiger partial charge in [0.15, 0.2) is 16.6 Å². The number of aryl methyl sites for hydroxylation is 1. The second-order valence-electron chi connectivity index (χ2n) is 8.65. The van der Waals surface area contributed by atoms with Crippen LogP contribution in [-0.4, -0.2) is 42.2 Å². The number of hydrogen-bond acceptors (Lipinski definition) is 6. The number of nitrogens with zero attached hydrogens (tertiary/aromatic N) is 2. The number of carbonyl (C=O) groups is 2. The first-order valence-electron chi connectivity index (χ1n) is 12.5. The standard InChI is InChI=1S/C30H29FN2O5S/c1-4-20-10-13-23(14-11-20)33-29(35)25(32(30(33)39)18-28(34)36-3)16-21-12-15-26(27(17-21)37-5-2)38-19-22-8-6-7-9-24(22)31/h6-17H,4-5,18-19H2,1-3H3/b25-16-. The highest BCUT2D eigenvalue weighted by molar-refractivity contribution is 7.80. The van der Waals surface area contributed by atoms with Crippen molar-refractivity contribution in [3.05, 3.63) is 94.9 Å². The molecule has 3 aromatic carbocycles. The van der Waals surface area contributed by atoms with Gasteiger partial charge in [-0.2, -0.15) is 0 Å². The van der Waals surface area contributed by atoms with Crippen LogP contribution in [0.3, 0.4) is 0 Å². The van der Waals surface area contributed by atoms with Crippen LogP contribution in [0.1, 0.15) is 30.5 Å². The molecule has 0 saturated carbocycles. The van der Waals surface area contributed by atoms with Gasteiger partial charge >= 0.3 is 5.97 Å². The molecule has 0 bridgehead atoms. The van der Waals surface area contributed by atoms with E-state index >= 15 is 0 Å². The molecule has 1 aliphatic rings. The molecule has 0 aliphatic carbocycles. The second kappa shape index (κ2) is 12.5. The van der Waals surface area contributed by atoms with E-state index in [2.05, 4.69) is 0 Å². The maximum atomic E-state index is 14.0. The minimum atomic E-state index is -0.536. The minimum absolute atomic E-state index is 0.0264. The summed E-state index contributed by atoms with van der Waals surface area (Å²) in [5.41, 5.74) is 2.99. The molecule has 1 aliphatic heterocycles. The van der Waals surface area contributed by atoms with Crippen LogP contribution < -0.4 is 14.4 Å². The Morgan fingerprint density at radius 2 is 1.74 bits per heavy atom. The summed E-state index contributed by atoms with van der Waals surface area (Å²) in [4.78, 5) is 28.7. The number of esters is 1. The van der Waals surface area contributed by atoms with Gasteiger partial charge in [0, 0.05) is 5.56 Å². The van der Waals surface area contributed by atoms with Crippen molar-refractivity contribution in [3.8, 4) is 11.5 Å². The van der Waals surface area contributed by atoms with Crippen LogP contribution >= 0.6 is 12.2 Å². The van der Waals surface area contributed by atoms with Gasteiger partial charge < -0.3 is 19.1 Å². The summed E-state index contributed by atoms with van der Waals surface area (Å²) in [5.74, 6) is -0.397. The third-order valence-electron chi connectivity index (χ3n) is 6.16. The fourth-order valence-corrected chi connectivity index (χ4v) is 4.42. The van der Waals surface area contributed by atoms with Gasteiger partial charge in [-0.15, -0.1) is 0 Å². The molecule has 4 rings (SSSR count). The van der Waals surface area contributed by atoms with Crippen molar-refractivity contribution in [1.29, 1.82) is 0 Å². The van der Waals surface area contributed by atoms with Crippen molar-refractivity contribution >= 4 is 41.0 Å². The van der Waals surface area contributed by atoms with E-state index in [0.29, 0.717) is 34.9 Å². The van der Waals surface area contributed by atoms with Crippen LogP contribution in [-0.2, 0) is 27.4 Å². The lowest BCUT2D eigenvalue weighted by Gasteiger charge is -2.19. The Morgan fingerprint density at radius 1 is 1.00 bits per heavy atom. The Labute approximate surface area is 232 Å². The van der Waals surface area contributed by atoms with E-state index in [4.69, 9.17) is 26.4 Å². The van der Waals surface area contributed by atoms with Gasteiger partial charge in [0.25, 0.3) is 5.91 Å². The maximum absolute atomic E-state index is 14.0. The number of anilines is 1. The first-order chi connectivity index (χ1) is 18.9. The van der Waals surface area contributed by atoms with Crippen LogP contribution in [0.4, 0.5) is 10.1 Å². The predicted molar refractivity (Wildman–Crippen MR) is 151 cm³/mol. The summed E-state index contributed by atoms with van der Waals surface area (Å²) in [7, 11) is 1.28. The Balaban J connectivity index is 1.67. The number of amides is 1. The smallest absolute Gasteiger partial charge is 0.325 e. The summed E-state index contributed by atoms with van der Waals surface area (Å²) in [6.07, 6.45) is 2.50. The SMILES string of the molecule is CCOc1cc(/C=C2/C(=O)N(c3ccc(CC)cc3)C(=S)N2CC(=O)OC)ccc1OCc1ccccc1F. The third-order valence-corrected chi connectivity index (χ3v) is 6.57. The normalized spacial score (nSPS) is 14.2. The van der Waals surface area contributed by atoms with Crippen molar-refractivity contribution < 1.29 is 28.2 Å². The predicted octanol–water partition coefficient (Wildman–Crippen LogP) is 5.51. The molecule has 0 spiro atoms. The molecule has 0 radical (unpaired) electrons. The zero-order chi connectivity index (χ0) is 27.9. The average molecular weight is 549 g/mol. The number of halogens is 1. The quantitative estimate of drug-likeness (QED) is 0.188. The van der Waals surface area contributed by atoms with Crippen molar-refractivity contribution in [3.63, 3.8) is 0 Å². The fraction of sp³-hybridized carbons (Fsp3) is 0.233. The van der Waals surface area contributed by atoms with E-state index in [1.807, 2.05) is 38.1 Å². The number of hydrogen-bond donors (Lipinski definition) is 0. The average Bonchev–Trinajstić information content (AvgIpc) is 3.17. The number of rotatable bonds is 10. The molecule has 7 nitrogen and oxygen atoms in total. The molecular formula is C30H29FN2O5S. The van der Waals surface area contributed by atoms with E-state index < -0.39 is 5.97 Å². The zero-order valence-electron chi connectivity index (χ0n) is 22.0. The van der Waals surface area contributed by atoms with Crippen molar-refractivity contribution in [2.45, 2.75) is 26.9 Å². The molecule has 1 fully saturated rings. The molecule has 202 valence electrons. The summed E-state index contributed by atoms with van der Waals surface area (Å²) < 4.78 is 30.5. The topological polar surface area (TPSA) is 68.3 Å². The van der Waals surface area contributed by atoms with Gasteiger partial charge in [0.1, 0.15) is 24.7 Å². The van der Waals surface area contributed by atoms with Crippen LogP contribution in [0.25, 0.3) is 6.08 Å². The summed E-state index contributed by atoms with van der Waals surface area (Å²) in [6.45, 7) is 4.06. The summed E-state index contributed by atoms with van der Waals surface area (Å²) in [6, 6.07) is 19.1. The van der Waals surface area contributed by atoms with Gasteiger partial charge in [-0.05, 0) is 73.1 Å². The molecule has 1 heterocycles. The monoisotopic (exact) mass is 548 g/mol. The lowest BCUT2D eigenvalue weighted by atomic mass is 10.1. The maximum Gasteiger partial charge on any atom is 0.325 e. The van der Waals surface area contributed by atoms with Gasteiger partial charge in [0.2, 0.25) is 0 Å². The van der Waals surface area contributed by atoms with Crippen LogP contribution in [0.5, 0.6) is 11.5 Å². The second-order valence-corrected chi connectivity index (χ2v) is 9.02. The molecule has 9 heteroatoms. The molecule has 39 heavy (non-hydrogen) atoms. The van der Waals surface area contributed by atoms with E-state index in [1.165, 1.54) is 23.0 Å². The molecule has 0 unspecified atom stereocenters. The molecule has 3 aromatic rings. The third kappa shape index (κ3) is 6.26. The van der Waals surface area contributed by atoms with Gasteiger partial charge in [-0.1, -0.05) is 43.3 Å². The van der Waals surface area contributed by atoms with Crippen molar-refractivity contribution in [2.75, 3.05) is 25.2 Å². The molecule has 0 aromatic heterocycles. The summed E-state index contributed by atoms with van der Waals surface area (Å²) in [5, 5.41) is 0.177. The van der Waals surface area contributed by atoms with E-state index in [-0.39, 0.29) is 35.7 Å². The Hall–Kier alpha value is -4.24. The number of carbonyl (C=O) groups excluding carboxylic acids is 2. The number of thiocarbonyl (C=S) groups is 1. The molecule has 0 N–H and O–H groups in total. The van der Waals surface area contributed by atoms with Gasteiger partial charge in [-0.25, -0.2) is 4.39 Å². The Morgan fingerprint density at radius 3 is 2.41 bits per heavy atom. The number of benzene rings is 3. The lowest BCUT2D eigenvalue weighted by molar-refractivity contribution is -0.140. The first-order valence-corrected chi connectivity index (χ1v) is 12.9. The van der Waals surface area contributed by atoms with Crippen LogP contribution in [0, 0.1) is 5.82 Å². The summed E-state index contributed by atoms with van der Waals surface area (Å²) >= 11 is 5.63. The Bertz CT molecular complexity index is 1410. The first kappa shape index (κ1) is 27.8. The van der Waals surface area contributed by atoms with Crippen LogP contribution in [0.15, 0.2) is 72.4 Å². The number of methoxy groups -OCH3 is 1. The van der Waals surface area contributed by atoms with E-state index in [0.717, 1.165) is 12.0 Å². The van der Waals surface area contributed by atoms with E-state index in [1.54, 1.807) is 42.5 Å². The molecule has 1 amide bonds. The minimum Gasteiger partial charge on any atom is -0.490 e. The van der Waals surface area contributed by atoms with Gasteiger partial charge in [0.05, 0.1) is 19.4 Å². The number of ether oxygens (including phenoxy) is 3. The highest BCUT2D eigenvalue weighted by atomic mass is 32.1. The highest BCUT2D eigenvalue weighted by Crippen LogP contribution is 2.33. The molecule has 1 saturated heterocycles. The lowest BCUT2D eigenvalue weighted by Crippen LogP contribution is -2.35. The van der Waals surface area contributed by atoms with E-state index in [9.17, 15) is 14.0 Å².